The van der Waals surface area contributed by atoms with Crippen LogP contribution in [0.3, 0.4) is 0 Å². The molecular formula is C23H20F3N3O3. The molecule has 2 aliphatic rings. The third-order valence-electron chi connectivity index (χ3n) is 5.99. The van der Waals surface area contributed by atoms with Crippen LogP contribution in [0.5, 0.6) is 0 Å². The van der Waals surface area contributed by atoms with E-state index in [-0.39, 0.29) is 12.5 Å². The first-order valence-electron chi connectivity index (χ1n) is 10.2. The lowest BCUT2D eigenvalue weighted by molar-refractivity contribution is -0.137. The van der Waals surface area contributed by atoms with Crippen LogP contribution >= 0.6 is 0 Å². The number of hydrogen-bond acceptors (Lipinski definition) is 5. The monoisotopic (exact) mass is 443 g/mol. The van der Waals surface area contributed by atoms with Gasteiger partial charge in [-0.3, -0.25) is 4.79 Å². The molecule has 1 amide bonds. The molecule has 9 heteroatoms. The summed E-state index contributed by atoms with van der Waals surface area (Å²) < 4.78 is 49.8. The average molecular weight is 443 g/mol. The van der Waals surface area contributed by atoms with Crippen LogP contribution < -0.4 is 5.73 Å². The Kier molecular flexibility index (Phi) is 5.02. The number of pyridine rings is 1. The molecule has 1 fully saturated rings. The zero-order valence-electron chi connectivity index (χ0n) is 17.0. The number of nitrogens with two attached hydrogens (primary N) is 1. The smallest absolute Gasteiger partial charge is 0.383 e. The van der Waals surface area contributed by atoms with E-state index in [4.69, 9.17) is 15.2 Å². The maximum absolute atomic E-state index is 13.4. The minimum absolute atomic E-state index is 0.214. The first-order valence-corrected chi connectivity index (χ1v) is 10.2. The Morgan fingerprint density at radius 3 is 2.56 bits per heavy atom. The van der Waals surface area contributed by atoms with E-state index in [1.807, 2.05) is 0 Å². The molecule has 0 bridgehead atoms. The average Bonchev–Trinajstić information content (AvgIpc) is 3.29. The fraction of sp³-hybridized carbons (Fsp3) is 0.304. The van der Waals surface area contributed by atoms with Gasteiger partial charge in [-0.25, -0.2) is 4.98 Å². The Balaban J connectivity index is 1.48. The molecule has 2 N–H and O–H groups in total. The molecule has 1 aromatic heterocycles. The van der Waals surface area contributed by atoms with Crippen LogP contribution in [0.2, 0.25) is 0 Å². The molecule has 166 valence electrons. The summed E-state index contributed by atoms with van der Waals surface area (Å²) in [5.74, 6) is 0.212. The highest BCUT2D eigenvalue weighted by Gasteiger charge is 2.33. The fourth-order valence-electron chi connectivity index (χ4n) is 4.29. The number of carbonyl (C=O) groups is 1. The molecule has 0 radical (unpaired) electrons. The Labute approximate surface area is 181 Å². The van der Waals surface area contributed by atoms with Crippen LogP contribution in [0.1, 0.15) is 38.7 Å². The maximum Gasteiger partial charge on any atom is 0.416 e. The van der Waals surface area contributed by atoms with Crippen LogP contribution in [0, 0.1) is 0 Å². The molecule has 2 aromatic carbocycles. The van der Waals surface area contributed by atoms with Gasteiger partial charge in [-0.05, 0) is 41.5 Å². The lowest BCUT2D eigenvalue weighted by Gasteiger charge is -2.36. The number of alkyl halides is 3. The minimum Gasteiger partial charge on any atom is -0.383 e. The summed E-state index contributed by atoms with van der Waals surface area (Å²) >= 11 is 0. The molecule has 3 heterocycles. The number of ether oxygens (including phenoxy) is 2. The SMILES string of the molecule is Nc1nc2ccc(C(=O)N3CCOC[C@@H]3c3ccc(C(F)(F)F)cc3)cc2c2c1COC2. The molecule has 0 saturated carbocycles. The number of carbonyl (C=O) groups excluding carboxylic acids is 1. The molecule has 6 nitrogen and oxygen atoms in total. The van der Waals surface area contributed by atoms with Gasteiger partial charge in [-0.2, -0.15) is 13.2 Å². The van der Waals surface area contributed by atoms with Crippen molar-refractivity contribution in [1.29, 1.82) is 0 Å². The van der Waals surface area contributed by atoms with Crippen molar-refractivity contribution in [3.05, 3.63) is 70.3 Å². The lowest BCUT2D eigenvalue weighted by Crippen LogP contribution is -2.43. The highest BCUT2D eigenvalue weighted by molar-refractivity contribution is 5.99. The number of aromatic nitrogens is 1. The standard InChI is InChI=1S/C23H20F3N3O3/c24-23(25,26)15-4-1-13(2-5-15)20-12-31-8-7-29(20)22(30)14-3-6-19-16(9-14)17-10-32-11-18(17)21(27)28-19/h1-6,9,20H,7-8,10-12H2,(H2,27,28)/t20-/m1/s1. The van der Waals surface area contributed by atoms with E-state index >= 15 is 0 Å². The van der Waals surface area contributed by atoms with E-state index in [1.165, 1.54) is 12.1 Å². The predicted molar refractivity (Wildman–Crippen MR) is 111 cm³/mol. The van der Waals surface area contributed by atoms with Crippen molar-refractivity contribution in [3.63, 3.8) is 0 Å². The number of fused-ring (bicyclic) bond motifs is 3. The van der Waals surface area contributed by atoms with Crippen LogP contribution in [0.15, 0.2) is 42.5 Å². The molecule has 32 heavy (non-hydrogen) atoms. The molecule has 0 aliphatic carbocycles. The largest absolute Gasteiger partial charge is 0.416 e. The third kappa shape index (κ3) is 3.57. The molecule has 2 aliphatic heterocycles. The van der Waals surface area contributed by atoms with Gasteiger partial charge in [-0.1, -0.05) is 12.1 Å². The number of anilines is 1. The molecule has 0 unspecified atom stereocenters. The number of nitrogens with zero attached hydrogens (tertiary/aromatic N) is 2. The molecule has 1 saturated heterocycles. The van der Waals surface area contributed by atoms with Crippen molar-refractivity contribution in [3.8, 4) is 0 Å². The summed E-state index contributed by atoms with van der Waals surface area (Å²) in [7, 11) is 0. The summed E-state index contributed by atoms with van der Waals surface area (Å²) in [4.78, 5) is 19.5. The highest BCUT2D eigenvalue weighted by atomic mass is 19.4. The zero-order valence-corrected chi connectivity index (χ0v) is 17.0. The van der Waals surface area contributed by atoms with Crippen molar-refractivity contribution in [2.45, 2.75) is 25.4 Å². The van der Waals surface area contributed by atoms with Gasteiger partial charge in [0.05, 0.1) is 43.5 Å². The second kappa shape index (κ2) is 7.75. The highest BCUT2D eigenvalue weighted by Crippen LogP contribution is 2.34. The number of hydrogen-bond donors (Lipinski definition) is 1. The van der Waals surface area contributed by atoms with Gasteiger partial charge < -0.3 is 20.1 Å². The molecule has 5 rings (SSSR count). The van der Waals surface area contributed by atoms with E-state index in [1.54, 1.807) is 23.1 Å². The second-order valence-corrected chi connectivity index (χ2v) is 7.89. The minimum atomic E-state index is -4.41. The third-order valence-corrected chi connectivity index (χ3v) is 5.99. The zero-order chi connectivity index (χ0) is 22.5. The Hall–Kier alpha value is -3.17. The lowest BCUT2D eigenvalue weighted by atomic mass is 9.99. The van der Waals surface area contributed by atoms with Crippen molar-refractivity contribution in [1.82, 2.24) is 9.88 Å². The van der Waals surface area contributed by atoms with E-state index in [0.29, 0.717) is 48.8 Å². The van der Waals surface area contributed by atoms with Crippen LogP contribution in [0.25, 0.3) is 10.9 Å². The normalized spacial score (nSPS) is 18.7. The summed E-state index contributed by atoms with van der Waals surface area (Å²) in [6, 6.07) is 9.62. The van der Waals surface area contributed by atoms with Gasteiger partial charge in [0.2, 0.25) is 0 Å². The second-order valence-electron chi connectivity index (χ2n) is 7.89. The number of morpholine rings is 1. The van der Waals surface area contributed by atoms with Crippen molar-refractivity contribution >= 4 is 22.6 Å². The molecular weight excluding hydrogens is 423 g/mol. The fourth-order valence-corrected chi connectivity index (χ4v) is 4.29. The predicted octanol–water partition coefficient (Wildman–Crippen LogP) is 4.08. The van der Waals surface area contributed by atoms with Crippen LogP contribution in [-0.2, 0) is 28.9 Å². The number of benzene rings is 2. The molecule has 1 atom stereocenters. The van der Waals surface area contributed by atoms with Crippen molar-refractivity contribution in [2.24, 2.45) is 0 Å². The molecule has 0 spiro atoms. The van der Waals surface area contributed by atoms with Gasteiger partial charge >= 0.3 is 6.18 Å². The summed E-state index contributed by atoms with van der Waals surface area (Å²) in [6.07, 6.45) is -4.41. The van der Waals surface area contributed by atoms with Crippen LogP contribution in [0.4, 0.5) is 19.0 Å². The summed E-state index contributed by atoms with van der Waals surface area (Å²) in [5, 5.41) is 0.817. The number of halogens is 3. The maximum atomic E-state index is 13.4. The van der Waals surface area contributed by atoms with Gasteiger partial charge in [-0.15, -0.1) is 0 Å². The first kappa shape index (κ1) is 20.7. The quantitative estimate of drug-likeness (QED) is 0.646. The number of amides is 1. The van der Waals surface area contributed by atoms with Gasteiger partial charge in [0.15, 0.2) is 0 Å². The van der Waals surface area contributed by atoms with E-state index in [0.717, 1.165) is 28.6 Å². The van der Waals surface area contributed by atoms with E-state index in [2.05, 4.69) is 4.98 Å². The number of nitrogen functional groups attached to an aromatic ring is 1. The number of rotatable bonds is 2. The van der Waals surface area contributed by atoms with Gasteiger partial charge in [0.1, 0.15) is 5.82 Å². The first-order chi connectivity index (χ1) is 15.3. The van der Waals surface area contributed by atoms with Crippen LogP contribution in [-0.4, -0.2) is 35.5 Å². The van der Waals surface area contributed by atoms with E-state index in [9.17, 15) is 18.0 Å². The van der Waals surface area contributed by atoms with Crippen molar-refractivity contribution < 1.29 is 27.4 Å². The Bertz CT molecular complexity index is 1200. The van der Waals surface area contributed by atoms with Crippen molar-refractivity contribution in [2.75, 3.05) is 25.5 Å². The Morgan fingerprint density at radius 2 is 1.81 bits per heavy atom. The Morgan fingerprint density at radius 1 is 1.06 bits per heavy atom. The van der Waals surface area contributed by atoms with Gasteiger partial charge in [0.25, 0.3) is 5.91 Å². The van der Waals surface area contributed by atoms with Gasteiger partial charge in [0, 0.05) is 23.1 Å². The topological polar surface area (TPSA) is 77.7 Å². The molecule has 3 aromatic rings. The van der Waals surface area contributed by atoms with E-state index < -0.39 is 17.8 Å². The summed E-state index contributed by atoms with van der Waals surface area (Å²) in [6.45, 7) is 1.71. The summed E-state index contributed by atoms with van der Waals surface area (Å²) in [5.41, 5.74) is 8.82.